The molecule has 2 aromatic carbocycles. The monoisotopic (exact) mass is 383 g/mol. The van der Waals surface area contributed by atoms with E-state index >= 15 is 0 Å². The zero-order valence-electron chi connectivity index (χ0n) is 16.6. The van der Waals surface area contributed by atoms with Crippen molar-refractivity contribution in [3.63, 3.8) is 0 Å². The highest BCUT2D eigenvalue weighted by Gasteiger charge is 2.51. The Morgan fingerprint density at radius 2 is 1.50 bits per heavy atom. The summed E-state index contributed by atoms with van der Waals surface area (Å²) >= 11 is 0. The summed E-state index contributed by atoms with van der Waals surface area (Å²) in [7, 11) is -0.408. The quantitative estimate of drug-likeness (QED) is 0.726. The highest BCUT2D eigenvalue weighted by atomic mass is 19.1. The van der Waals surface area contributed by atoms with E-state index in [4.69, 9.17) is 9.31 Å². The van der Waals surface area contributed by atoms with Crippen LogP contribution < -0.4 is 5.46 Å². The maximum atomic E-state index is 14.0. The third-order valence-electron chi connectivity index (χ3n) is 6.06. The summed E-state index contributed by atoms with van der Waals surface area (Å²) in [5.74, 6) is -1.12. The minimum absolute atomic E-state index is 0.00108. The first kappa shape index (κ1) is 19.3. The van der Waals surface area contributed by atoms with E-state index in [1.54, 1.807) is 0 Å². The first-order valence-corrected chi connectivity index (χ1v) is 9.64. The molecule has 2 aliphatic heterocycles. The van der Waals surface area contributed by atoms with Crippen molar-refractivity contribution in [2.24, 2.45) is 4.99 Å². The van der Waals surface area contributed by atoms with Crippen molar-refractivity contribution in [3.8, 4) is 0 Å². The van der Waals surface area contributed by atoms with Crippen molar-refractivity contribution in [2.45, 2.75) is 57.8 Å². The first-order chi connectivity index (χ1) is 13.2. The summed E-state index contributed by atoms with van der Waals surface area (Å²) in [5, 5.41) is 0. The van der Waals surface area contributed by atoms with Gasteiger partial charge < -0.3 is 9.31 Å². The van der Waals surface area contributed by atoms with Crippen LogP contribution in [0.2, 0.25) is 0 Å². The summed E-state index contributed by atoms with van der Waals surface area (Å²) in [6, 6.07) is 11.8. The largest absolute Gasteiger partial charge is 0.494 e. The van der Waals surface area contributed by atoms with Gasteiger partial charge in [-0.2, -0.15) is 0 Å². The van der Waals surface area contributed by atoms with Crippen molar-refractivity contribution in [1.82, 2.24) is 0 Å². The van der Waals surface area contributed by atoms with Gasteiger partial charge in [-0.1, -0.05) is 30.3 Å². The van der Waals surface area contributed by atoms with E-state index in [0.717, 1.165) is 17.4 Å². The van der Waals surface area contributed by atoms with E-state index in [-0.39, 0.29) is 22.8 Å². The van der Waals surface area contributed by atoms with Crippen molar-refractivity contribution in [1.29, 1.82) is 0 Å². The molecule has 0 amide bonds. The maximum Gasteiger partial charge on any atom is 0.494 e. The molecule has 0 N–H and O–H groups in total. The van der Waals surface area contributed by atoms with Gasteiger partial charge in [0.25, 0.3) is 0 Å². The fourth-order valence-electron chi connectivity index (χ4n) is 3.65. The highest BCUT2D eigenvalue weighted by Crippen LogP contribution is 2.37. The van der Waals surface area contributed by atoms with E-state index < -0.39 is 18.8 Å². The molecular weight excluding hydrogens is 359 g/mol. The van der Waals surface area contributed by atoms with E-state index in [1.807, 2.05) is 52.0 Å². The predicted octanol–water partition coefficient (Wildman–Crippen LogP) is 4.59. The van der Waals surface area contributed by atoms with E-state index in [2.05, 4.69) is 4.99 Å². The Morgan fingerprint density at radius 3 is 2.07 bits per heavy atom. The summed E-state index contributed by atoms with van der Waals surface area (Å²) in [6.45, 7) is 8.10. The first-order valence-electron chi connectivity index (χ1n) is 9.64. The molecule has 6 heteroatoms. The molecule has 1 atom stereocenters. The Bertz CT molecular complexity index is 888. The summed E-state index contributed by atoms with van der Waals surface area (Å²) in [4.78, 5) is 4.60. The lowest BCUT2D eigenvalue weighted by molar-refractivity contribution is 0.00578. The molecule has 0 radical (unpaired) electrons. The van der Waals surface area contributed by atoms with Crippen LogP contribution in [0.25, 0.3) is 0 Å². The molecule has 1 fully saturated rings. The summed E-state index contributed by atoms with van der Waals surface area (Å²) in [6.07, 6.45) is 1.29. The van der Waals surface area contributed by atoms with Gasteiger partial charge in [-0.15, -0.1) is 0 Å². The van der Waals surface area contributed by atoms with Crippen LogP contribution in [0.15, 0.2) is 47.5 Å². The number of nitrogens with zero attached hydrogens (tertiary/aromatic N) is 1. The second-order valence-electron chi connectivity index (χ2n) is 8.48. The third-order valence-corrected chi connectivity index (χ3v) is 6.06. The fourth-order valence-corrected chi connectivity index (χ4v) is 3.65. The zero-order valence-corrected chi connectivity index (χ0v) is 16.6. The molecule has 146 valence electrons. The topological polar surface area (TPSA) is 30.8 Å². The van der Waals surface area contributed by atoms with Crippen LogP contribution in [0.1, 0.15) is 57.7 Å². The summed E-state index contributed by atoms with van der Waals surface area (Å²) in [5.41, 5.74) is 1.70. The second kappa shape index (κ2) is 6.78. The van der Waals surface area contributed by atoms with Gasteiger partial charge in [-0.05, 0) is 63.7 Å². The molecule has 4 rings (SSSR count). The van der Waals surface area contributed by atoms with Gasteiger partial charge in [0.2, 0.25) is 0 Å². The Kier molecular flexibility index (Phi) is 4.67. The van der Waals surface area contributed by atoms with E-state index in [9.17, 15) is 8.78 Å². The molecule has 1 unspecified atom stereocenters. The molecule has 3 nitrogen and oxygen atoms in total. The van der Waals surface area contributed by atoms with Crippen LogP contribution in [0.5, 0.6) is 0 Å². The predicted molar refractivity (Wildman–Crippen MR) is 107 cm³/mol. The van der Waals surface area contributed by atoms with Crippen molar-refractivity contribution in [3.05, 3.63) is 65.2 Å². The van der Waals surface area contributed by atoms with Crippen LogP contribution in [-0.4, -0.2) is 24.0 Å². The standard InChI is InChI=1S/C22H24BF2NO2/c1-21(2)22(3,4)28-23(27-21)15-10-8-14(9-11-15)18-12-13-19(26-18)20-16(24)6-5-7-17(20)25/h5-11,18H,12-13H2,1-4H3. The number of aliphatic imine (C=N–C) groups is 1. The minimum Gasteiger partial charge on any atom is -0.399 e. The van der Waals surface area contributed by atoms with Crippen LogP contribution in [0.4, 0.5) is 8.78 Å². The number of hydrogen-bond donors (Lipinski definition) is 0. The molecule has 0 aliphatic carbocycles. The number of halogens is 2. The second-order valence-corrected chi connectivity index (χ2v) is 8.48. The molecular formula is C22H24BF2NO2. The van der Waals surface area contributed by atoms with Crippen LogP contribution in [0, 0.1) is 11.6 Å². The third kappa shape index (κ3) is 3.29. The average Bonchev–Trinajstić information content (AvgIpc) is 3.18. The van der Waals surface area contributed by atoms with Crippen molar-refractivity contribution < 1.29 is 18.1 Å². The SMILES string of the molecule is CC1(C)OB(c2ccc(C3CCC(c4c(F)cccc4F)=N3)cc2)OC1(C)C. The zero-order chi connectivity index (χ0) is 20.1. The van der Waals surface area contributed by atoms with Crippen LogP contribution in [-0.2, 0) is 9.31 Å². The smallest absolute Gasteiger partial charge is 0.399 e. The van der Waals surface area contributed by atoms with Gasteiger partial charge >= 0.3 is 7.12 Å². The number of hydrogen-bond acceptors (Lipinski definition) is 3. The van der Waals surface area contributed by atoms with Gasteiger partial charge in [0, 0.05) is 5.71 Å². The molecule has 0 saturated carbocycles. The Hall–Kier alpha value is -2.05. The number of benzene rings is 2. The van der Waals surface area contributed by atoms with Crippen molar-refractivity contribution >= 4 is 18.3 Å². The highest BCUT2D eigenvalue weighted by molar-refractivity contribution is 6.62. The molecule has 2 aliphatic rings. The molecule has 0 aromatic heterocycles. The Labute approximate surface area is 164 Å². The Morgan fingerprint density at radius 1 is 0.929 bits per heavy atom. The Balaban J connectivity index is 1.53. The normalized spacial score (nSPS) is 23.1. The average molecular weight is 383 g/mol. The maximum absolute atomic E-state index is 14.0. The van der Waals surface area contributed by atoms with Gasteiger partial charge in [-0.3, -0.25) is 4.99 Å². The van der Waals surface area contributed by atoms with Gasteiger partial charge in [0.1, 0.15) is 11.6 Å². The lowest BCUT2D eigenvalue weighted by atomic mass is 9.78. The van der Waals surface area contributed by atoms with Crippen LogP contribution >= 0.6 is 0 Å². The minimum atomic E-state index is -0.560. The molecule has 0 spiro atoms. The van der Waals surface area contributed by atoms with E-state index in [0.29, 0.717) is 12.1 Å². The molecule has 1 saturated heterocycles. The van der Waals surface area contributed by atoms with Gasteiger partial charge in [-0.25, -0.2) is 8.78 Å². The molecule has 28 heavy (non-hydrogen) atoms. The van der Waals surface area contributed by atoms with Gasteiger partial charge in [0.05, 0.1) is 22.8 Å². The number of rotatable bonds is 3. The lowest BCUT2D eigenvalue weighted by Crippen LogP contribution is -2.41. The fraction of sp³-hybridized carbons (Fsp3) is 0.409. The van der Waals surface area contributed by atoms with Gasteiger partial charge in [0.15, 0.2) is 0 Å². The van der Waals surface area contributed by atoms with Crippen LogP contribution in [0.3, 0.4) is 0 Å². The molecule has 2 heterocycles. The molecule has 2 aromatic rings. The lowest BCUT2D eigenvalue weighted by Gasteiger charge is -2.32. The van der Waals surface area contributed by atoms with E-state index in [1.165, 1.54) is 18.2 Å². The molecule has 0 bridgehead atoms. The van der Waals surface area contributed by atoms with Crippen molar-refractivity contribution in [2.75, 3.05) is 0 Å². The summed E-state index contributed by atoms with van der Waals surface area (Å²) < 4.78 is 40.2.